The van der Waals surface area contributed by atoms with E-state index in [9.17, 15) is 0 Å². The van der Waals surface area contributed by atoms with Crippen molar-refractivity contribution in [2.24, 2.45) is 0 Å². The SMILES string of the molecule is CC(C)(C)P1CCSC1. The van der Waals surface area contributed by atoms with Gasteiger partial charge in [0.15, 0.2) is 0 Å². The third-order valence-electron chi connectivity index (χ3n) is 1.70. The van der Waals surface area contributed by atoms with Gasteiger partial charge < -0.3 is 0 Å². The van der Waals surface area contributed by atoms with Gasteiger partial charge in [-0.25, -0.2) is 0 Å². The number of hydrogen-bond acceptors (Lipinski definition) is 1. The standard InChI is InChI=1S/C7H15PS/c1-7(2,3)8-4-5-9-6-8/h4-6H2,1-3H3. The number of rotatable bonds is 0. The summed E-state index contributed by atoms with van der Waals surface area (Å²) in [6.45, 7) is 7.14. The molecule has 1 aliphatic rings. The van der Waals surface area contributed by atoms with Gasteiger partial charge in [-0.1, -0.05) is 28.7 Å². The second-order valence-corrected chi connectivity index (χ2v) is 8.19. The van der Waals surface area contributed by atoms with E-state index in [1.807, 2.05) is 0 Å². The highest BCUT2D eigenvalue weighted by Gasteiger charge is 2.26. The van der Waals surface area contributed by atoms with E-state index < -0.39 is 0 Å². The minimum Gasteiger partial charge on any atom is -0.157 e. The predicted molar refractivity (Wildman–Crippen MR) is 48.9 cm³/mol. The smallest absolute Gasteiger partial charge is 0.0141 e. The lowest BCUT2D eigenvalue weighted by atomic mass is 10.3. The summed E-state index contributed by atoms with van der Waals surface area (Å²) in [6.07, 6.45) is 1.50. The van der Waals surface area contributed by atoms with Crippen LogP contribution in [0.4, 0.5) is 0 Å². The molecule has 0 aromatic rings. The molecule has 1 fully saturated rings. The molecule has 0 aromatic heterocycles. The Balaban J connectivity index is 2.42. The van der Waals surface area contributed by atoms with Crippen molar-refractivity contribution in [2.75, 3.05) is 17.4 Å². The van der Waals surface area contributed by atoms with Crippen LogP contribution >= 0.6 is 19.7 Å². The van der Waals surface area contributed by atoms with E-state index in [-0.39, 0.29) is 0 Å². The molecule has 0 aliphatic carbocycles. The summed E-state index contributed by atoms with van der Waals surface area (Å²) < 4.78 is 0. The van der Waals surface area contributed by atoms with Crippen molar-refractivity contribution >= 4 is 19.7 Å². The van der Waals surface area contributed by atoms with E-state index in [1.54, 1.807) is 0 Å². The molecular formula is C7H15PS. The molecule has 2 heteroatoms. The van der Waals surface area contributed by atoms with Crippen molar-refractivity contribution in [1.29, 1.82) is 0 Å². The Hall–Kier alpha value is 0.780. The van der Waals surface area contributed by atoms with Crippen molar-refractivity contribution < 1.29 is 0 Å². The van der Waals surface area contributed by atoms with Crippen LogP contribution in [-0.2, 0) is 0 Å². The normalized spacial score (nSPS) is 29.0. The fourth-order valence-electron chi connectivity index (χ4n) is 0.943. The van der Waals surface area contributed by atoms with E-state index in [1.165, 1.54) is 17.4 Å². The molecule has 0 aromatic carbocycles. The van der Waals surface area contributed by atoms with Gasteiger partial charge in [-0.3, -0.25) is 0 Å². The van der Waals surface area contributed by atoms with Crippen LogP contribution in [-0.4, -0.2) is 22.6 Å². The summed E-state index contributed by atoms with van der Waals surface area (Å²) in [5.41, 5.74) is 1.46. The van der Waals surface area contributed by atoms with E-state index >= 15 is 0 Å². The van der Waals surface area contributed by atoms with Gasteiger partial charge in [0.05, 0.1) is 0 Å². The zero-order valence-electron chi connectivity index (χ0n) is 6.48. The van der Waals surface area contributed by atoms with E-state index in [0.29, 0.717) is 13.1 Å². The topological polar surface area (TPSA) is 0 Å². The number of thioether (sulfide) groups is 1. The zero-order valence-corrected chi connectivity index (χ0v) is 8.19. The first-order chi connectivity index (χ1) is 4.11. The summed E-state index contributed by atoms with van der Waals surface area (Å²) in [4.78, 5) is 0. The Labute approximate surface area is 63.5 Å². The minimum absolute atomic E-state index is 0.377. The predicted octanol–water partition coefficient (Wildman–Crippen LogP) is 2.97. The third kappa shape index (κ3) is 2.13. The molecule has 0 saturated carbocycles. The quantitative estimate of drug-likeness (QED) is 0.493. The van der Waals surface area contributed by atoms with Gasteiger partial charge in [-0.05, 0) is 17.1 Å². The lowest BCUT2D eigenvalue weighted by Gasteiger charge is -2.26. The van der Waals surface area contributed by atoms with Crippen LogP contribution in [0.5, 0.6) is 0 Å². The van der Waals surface area contributed by atoms with E-state index in [2.05, 4.69) is 32.5 Å². The Morgan fingerprint density at radius 3 is 2.22 bits per heavy atom. The first-order valence-electron chi connectivity index (χ1n) is 3.43. The summed E-state index contributed by atoms with van der Waals surface area (Å²) in [5.74, 6) is 1.42. The minimum atomic E-state index is 0.377. The van der Waals surface area contributed by atoms with Crippen molar-refractivity contribution in [1.82, 2.24) is 0 Å². The molecule has 0 amide bonds. The molecule has 1 aliphatic heterocycles. The molecule has 54 valence electrons. The molecule has 0 N–H and O–H groups in total. The van der Waals surface area contributed by atoms with Gasteiger partial charge in [0, 0.05) is 5.49 Å². The Bertz CT molecular complexity index is 89.6. The highest BCUT2D eigenvalue weighted by molar-refractivity contribution is 8.07. The third-order valence-corrected chi connectivity index (χ3v) is 7.13. The molecular weight excluding hydrogens is 147 g/mol. The first-order valence-corrected chi connectivity index (χ1v) is 6.30. The highest BCUT2D eigenvalue weighted by atomic mass is 32.2. The van der Waals surface area contributed by atoms with Gasteiger partial charge in [-0.15, -0.1) is 0 Å². The lowest BCUT2D eigenvalue weighted by Crippen LogP contribution is -2.11. The molecule has 0 nitrogen and oxygen atoms in total. The first kappa shape index (κ1) is 7.88. The van der Waals surface area contributed by atoms with Crippen LogP contribution < -0.4 is 0 Å². The van der Waals surface area contributed by atoms with Crippen molar-refractivity contribution in [3.63, 3.8) is 0 Å². The average Bonchev–Trinajstić information content (AvgIpc) is 2.08. The second kappa shape index (κ2) is 2.80. The Morgan fingerprint density at radius 2 is 2.00 bits per heavy atom. The van der Waals surface area contributed by atoms with Gasteiger partial charge in [0.1, 0.15) is 0 Å². The summed E-state index contributed by atoms with van der Waals surface area (Å²) in [5, 5.41) is 0.624. The molecule has 1 saturated heterocycles. The maximum Gasteiger partial charge on any atom is 0.0141 e. The maximum atomic E-state index is 2.38. The molecule has 9 heavy (non-hydrogen) atoms. The van der Waals surface area contributed by atoms with Crippen molar-refractivity contribution in [2.45, 2.75) is 25.9 Å². The Kier molecular flexibility index (Phi) is 2.45. The molecule has 1 rings (SSSR count). The fourth-order valence-corrected chi connectivity index (χ4v) is 6.48. The molecule has 1 heterocycles. The van der Waals surface area contributed by atoms with Crippen LogP contribution in [0.25, 0.3) is 0 Å². The molecule has 0 spiro atoms. The van der Waals surface area contributed by atoms with Crippen LogP contribution in [0.2, 0.25) is 0 Å². The highest BCUT2D eigenvalue weighted by Crippen LogP contribution is 2.55. The van der Waals surface area contributed by atoms with Crippen LogP contribution in [0.1, 0.15) is 20.8 Å². The fraction of sp³-hybridized carbons (Fsp3) is 1.00. The van der Waals surface area contributed by atoms with Gasteiger partial charge in [0.25, 0.3) is 0 Å². The van der Waals surface area contributed by atoms with Gasteiger partial charge >= 0.3 is 0 Å². The summed E-state index contributed by atoms with van der Waals surface area (Å²) in [6, 6.07) is 0. The van der Waals surface area contributed by atoms with Crippen LogP contribution in [0.3, 0.4) is 0 Å². The lowest BCUT2D eigenvalue weighted by molar-refractivity contribution is 0.785. The zero-order chi connectivity index (χ0) is 6.91. The second-order valence-electron chi connectivity index (χ2n) is 3.47. The molecule has 1 atom stereocenters. The van der Waals surface area contributed by atoms with Gasteiger partial charge in [-0.2, -0.15) is 11.8 Å². The van der Waals surface area contributed by atoms with E-state index in [0.717, 1.165) is 0 Å². The molecule has 0 radical (unpaired) electrons. The van der Waals surface area contributed by atoms with Crippen LogP contribution in [0.15, 0.2) is 0 Å². The van der Waals surface area contributed by atoms with E-state index in [4.69, 9.17) is 0 Å². The van der Waals surface area contributed by atoms with Crippen molar-refractivity contribution in [3.8, 4) is 0 Å². The van der Waals surface area contributed by atoms with Crippen molar-refractivity contribution in [3.05, 3.63) is 0 Å². The molecule has 0 bridgehead atoms. The maximum absolute atomic E-state index is 2.38. The summed E-state index contributed by atoms with van der Waals surface area (Å²) in [7, 11) is 0.377. The Morgan fingerprint density at radius 1 is 1.33 bits per heavy atom. The largest absolute Gasteiger partial charge is 0.157 e. The monoisotopic (exact) mass is 162 g/mol. The number of hydrogen-bond donors (Lipinski definition) is 0. The summed E-state index contributed by atoms with van der Waals surface area (Å²) >= 11 is 2.14. The van der Waals surface area contributed by atoms with Gasteiger partial charge in [0.2, 0.25) is 0 Å². The van der Waals surface area contributed by atoms with Crippen LogP contribution in [0, 0.1) is 0 Å². The average molecular weight is 162 g/mol. The molecule has 1 unspecified atom stereocenters.